The number of nitrogens with one attached hydrogen (secondary N) is 1. The van der Waals surface area contributed by atoms with Gasteiger partial charge in [-0.3, -0.25) is 10.4 Å². The molecule has 8 N–H and O–H groups in total. The lowest BCUT2D eigenvalue weighted by atomic mass is 10.0. The lowest BCUT2D eigenvalue weighted by Gasteiger charge is -2.24. The molecule has 10 nitrogen and oxygen atoms in total. The smallest absolute Gasteiger partial charge is 0.388 e. The van der Waals surface area contributed by atoms with Crippen LogP contribution in [0.2, 0.25) is 0 Å². The van der Waals surface area contributed by atoms with Crippen LogP contribution >= 0.6 is 7.75 Å². The maximum Gasteiger partial charge on any atom is 0.416 e. The molecule has 17 heavy (non-hydrogen) atoms. The number of aldehydes is 1. The highest BCUT2D eigenvalue weighted by atomic mass is 31.2. The van der Waals surface area contributed by atoms with E-state index in [4.69, 9.17) is 15.1 Å². The van der Waals surface area contributed by atoms with Gasteiger partial charge in [-0.2, -0.15) is 5.20 Å². The Labute approximate surface area is 96.2 Å². The standard InChI is InChI=1S/C6H15N2O8P/c7-8-17(14,15)16-2-4(11)6(13)5(12)3(10)1-9/h1,3-6,10-13H,2,7H2,(H2,8,14,15)/t3-,4-,5-,6-/m1/s1. The third-order valence-corrected chi connectivity index (χ3v) is 2.64. The summed E-state index contributed by atoms with van der Waals surface area (Å²) < 4.78 is 15.0. The van der Waals surface area contributed by atoms with Crippen LogP contribution in [0.4, 0.5) is 0 Å². The van der Waals surface area contributed by atoms with Crippen molar-refractivity contribution in [3.05, 3.63) is 0 Å². The molecular weight excluding hydrogens is 259 g/mol. The summed E-state index contributed by atoms with van der Waals surface area (Å²) in [6.07, 6.45) is -7.62. The van der Waals surface area contributed by atoms with Crippen molar-refractivity contribution in [1.29, 1.82) is 0 Å². The summed E-state index contributed by atoms with van der Waals surface area (Å²) >= 11 is 0. The Morgan fingerprint density at radius 1 is 1.29 bits per heavy atom. The Morgan fingerprint density at radius 3 is 2.24 bits per heavy atom. The van der Waals surface area contributed by atoms with E-state index in [1.165, 1.54) is 5.20 Å². The Hall–Kier alpha value is -0.420. The van der Waals surface area contributed by atoms with E-state index in [0.29, 0.717) is 0 Å². The highest BCUT2D eigenvalue weighted by molar-refractivity contribution is 7.50. The van der Waals surface area contributed by atoms with Crippen LogP contribution in [-0.2, 0) is 13.9 Å². The van der Waals surface area contributed by atoms with Gasteiger partial charge in [0, 0.05) is 0 Å². The van der Waals surface area contributed by atoms with Crippen molar-refractivity contribution in [3.63, 3.8) is 0 Å². The molecule has 0 aliphatic heterocycles. The molecule has 102 valence electrons. The van der Waals surface area contributed by atoms with E-state index >= 15 is 0 Å². The first-order chi connectivity index (χ1) is 7.75. The molecule has 0 radical (unpaired) electrons. The molecule has 0 heterocycles. The van der Waals surface area contributed by atoms with Crippen molar-refractivity contribution in [2.75, 3.05) is 6.61 Å². The lowest BCUT2D eigenvalue weighted by Crippen LogP contribution is -2.46. The third kappa shape index (κ3) is 5.64. The monoisotopic (exact) mass is 274 g/mol. The number of carbonyl (C=O) groups is 1. The van der Waals surface area contributed by atoms with Gasteiger partial charge in [-0.15, -0.1) is 0 Å². The molecule has 0 aliphatic carbocycles. The van der Waals surface area contributed by atoms with Crippen molar-refractivity contribution in [3.8, 4) is 0 Å². The van der Waals surface area contributed by atoms with Crippen LogP contribution < -0.4 is 11.0 Å². The minimum absolute atomic E-state index is 0.0418. The number of hydrazine groups is 1. The quantitative estimate of drug-likeness (QED) is 0.100. The van der Waals surface area contributed by atoms with E-state index in [2.05, 4.69) is 10.4 Å². The molecule has 1 unspecified atom stereocenters. The van der Waals surface area contributed by atoms with E-state index in [0.717, 1.165) is 0 Å². The molecule has 11 heteroatoms. The fourth-order valence-corrected chi connectivity index (χ4v) is 1.25. The van der Waals surface area contributed by atoms with Gasteiger partial charge < -0.3 is 30.1 Å². The van der Waals surface area contributed by atoms with Crippen LogP contribution in [0.15, 0.2) is 0 Å². The van der Waals surface area contributed by atoms with Crippen LogP contribution in [0.5, 0.6) is 0 Å². The van der Waals surface area contributed by atoms with Gasteiger partial charge in [0.05, 0.1) is 6.61 Å². The predicted octanol–water partition coefficient (Wildman–Crippen LogP) is -3.79. The summed E-state index contributed by atoms with van der Waals surface area (Å²) in [5.41, 5.74) is 0. The van der Waals surface area contributed by atoms with Crippen molar-refractivity contribution in [2.24, 2.45) is 5.84 Å². The summed E-state index contributed by atoms with van der Waals surface area (Å²) in [7, 11) is -4.28. The van der Waals surface area contributed by atoms with Crippen LogP contribution in [-0.4, -0.2) is 62.6 Å². The fourth-order valence-electron chi connectivity index (χ4n) is 0.823. The molecular formula is C6H15N2O8P. The molecule has 0 saturated heterocycles. The minimum atomic E-state index is -4.28. The molecule has 0 bridgehead atoms. The van der Waals surface area contributed by atoms with Crippen LogP contribution in [0, 0.1) is 0 Å². The van der Waals surface area contributed by atoms with Gasteiger partial charge in [0.15, 0.2) is 6.29 Å². The van der Waals surface area contributed by atoms with Gasteiger partial charge in [0.2, 0.25) is 0 Å². The van der Waals surface area contributed by atoms with E-state index in [9.17, 15) is 19.6 Å². The highest BCUT2D eigenvalue weighted by Gasteiger charge is 2.31. The van der Waals surface area contributed by atoms with E-state index < -0.39 is 38.8 Å². The highest BCUT2D eigenvalue weighted by Crippen LogP contribution is 2.34. The Kier molecular flexibility index (Phi) is 6.94. The second-order valence-corrected chi connectivity index (χ2v) is 4.68. The number of carbonyl (C=O) groups excluding carboxylic acids is 1. The summed E-state index contributed by atoms with van der Waals surface area (Å²) in [4.78, 5) is 18.9. The number of nitrogens with two attached hydrogens (primary N) is 1. The number of hydrogen-bond acceptors (Lipinski definition) is 8. The van der Waals surface area contributed by atoms with E-state index in [1.807, 2.05) is 0 Å². The molecule has 0 rings (SSSR count). The Bertz CT molecular complexity index is 289. The predicted molar refractivity (Wildman–Crippen MR) is 53.2 cm³/mol. The molecule has 0 aliphatic rings. The zero-order chi connectivity index (χ0) is 13.6. The number of aliphatic hydroxyl groups is 4. The fraction of sp³-hybridized carbons (Fsp3) is 0.833. The topological polar surface area (TPSA) is 183 Å². The average Bonchev–Trinajstić information content (AvgIpc) is 2.33. The molecule has 0 aromatic heterocycles. The van der Waals surface area contributed by atoms with Gasteiger partial charge in [0.25, 0.3) is 0 Å². The zero-order valence-electron chi connectivity index (χ0n) is 8.58. The van der Waals surface area contributed by atoms with Crippen molar-refractivity contribution < 1.29 is 39.2 Å². The average molecular weight is 274 g/mol. The summed E-state index contributed by atoms with van der Waals surface area (Å²) in [5, 5.41) is 37.9. The first-order valence-electron chi connectivity index (χ1n) is 4.38. The van der Waals surface area contributed by atoms with Gasteiger partial charge in [-0.1, -0.05) is 0 Å². The molecule has 5 atom stereocenters. The van der Waals surface area contributed by atoms with Gasteiger partial charge in [-0.05, 0) is 0 Å². The van der Waals surface area contributed by atoms with Crippen molar-refractivity contribution in [2.45, 2.75) is 24.4 Å². The maximum atomic E-state index is 10.8. The normalized spacial score (nSPS) is 22.2. The van der Waals surface area contributed by atoms with Crippen molar-refractivity contribution in [1.82, 2.24) is 5.20 Å². The third-order valence-electron chi connectivity index (χ3n) is 1.82. The zero-order valence-corrected chi connectivity index (χ0v) is 9.47. The van der Waals surface area contributed by atoms with E-state index in [-0.39, 0.29) is 6.29 Å². The Balaban J connectivity index is 4.27. The number of rotatable bonds is 8. The lowest BCUT2D eigenvalue weighted by molar-refractivity contribution is -0.135. The number of aliphatic hydroxyl groups excluding tert-OH is 4. The van der Waals surface area contributed by atoms with Crippen molar-refractivity contribution >= 4 is 14.0 Å². The van der Waals surface area contributed by atoms with Gasteiger partial charge in [0.1, 0.15) is 24.4 Å². The molecule has 0 aromatic carbocycles. The second-order valence-electron chi connectivity index (χ2n) is 3.12. The molecule has 0 aromatic rings. The number of hydrogen-bond donors (Lipinski definition) is 7. The summed E-state index contributed by atoms with van der Waals surface area (Å²) in [5.74, 6) is 4.63. The largest absolute Gasteiger partial charge is 0.416 e. The van der Waals surface area contributed by atoms with Gasteiger partial charge in [-0.25, -0.2) is 4.57 Å². The van der Waals surface area contributed by atoms with Gasteiger partial charge >= 0.3 is 7.75 Å². The maximum absolute atomic E-state index is 10.8. The van der Waals surface area contributed by atoms with Crippen LogP contribution in [0.3, 0.4) is 0 Å². The van der Waals surface area contributed by atoms with Crippen LogP contribution in [0.1, 0.15) is 0 Å². The molecule has 0 saturated carbocycles. The first kappa shape index (κ1) is 16.6. The summed E-state index contributed by atoms with van der Waals surface area (Å²) in [6, 6.07) is 0. The Morgan fingerprint density at radius 2 is 1.82 bits per heavy atom. The minimum Gasteiger partial charge on any atom is -0.388 e. The second kappa shape index (κ2) is 7.11. The summed E-state index contributed by atoms with van der Waals surface area (Å²) in [6.45, 7) is -0.845. The first-order valence-corrected chi connectivity index (χ1v) is 5.95. The van der Waals surface area contributed by atoms with E-state index in [1.54, 1.807) is 0 Å². The molecule has 0 fully saturated rings. The molecule has 0 amide bonds. The SMILES string of the molecule is NNP(=O)(O)OC[C@@H](O)[C@@H](O)[C@H](O)[C@H](O)C=O. The van der Waals surface area contributed by atoms with Crippen LogP contribution in [0.25, 0.3) is 0 Å². The molecule has 0 spiro atoms.